The quantitative estimate of drug-likeness (QED) is 0.634. The Kier molecular flexibility index (Phi) is 3.45. The molecular formula is C24H24N4. The molecule has 0 fully saturated rings. The molecule has 4 nitrogen and oxygen atoms in total. The first-order valence-electron chi connectivity index (χ1n) is 9.68. The highest BCUT2D eigenvalue weighted by molar-refractivity contribution is 5.64. The third-order valence-corrected chi connectivity index (χ3v) is 5.49. The molecule has 2 aliphatic heterocycles. The summed E-state index contributed by atoms with van der Waals surface area (Å²) in [5.74, 6) is 0. The molecule has 0 aliphatic carbocycles. The Morgan fingerprint density at radius 3 is 1.32 bits per heavy atom. The fourth-order valence-electron chi connectivity index (χ4n) is 3.91. The minimum atomic E-state index is -0.104. The molecule has 5 heterocycles. The molecule has 3 aromatic rings. The summed E-state index contributed by atoms with van der Waals surface area (Å²) in [6.07, 6.45) is 4.44. The monoisotopic (exact) mass is 368 g/mol. The van der Waals surface area contributed by atoms with E-state index >= 15 is 0 Å². The summed E-state index contributed by atoms with van der Waals surface area (Å²) in [6, 6.07) is 16.9. The summed E-state index contributed by atoms with van der Waals surface area (Å²) in [5.41, 5.74) is 6.09. The van der Waals surface area contributed by atoms with Gasteiger partial charge in [-0.15, -0.1) is 0 Å². The third kappa shape index (κ3) is 2.95. The van der Waals surface area contributed by atoms with E-state index in [-0.39, 0.29) is 10.8 Å². The molecule has 0 atom stereocenters. The Morgan fingerprint density at radius 1 is 0.571 bits per heavy atom. The van der Waals surface area contributed by atoms with Crippen LogP contribution in [0.15, 0.2) is 48.5 Å². The second-order valence-corrected chi connectivity index (χ2v) is 8.89. The smallest absolute Gasteiger partial charge is 0.0623 e. The fraction of sp³-hybridized carbons (Fsp3) is 0.250. The summed E-state index contributed by atoms with van der Waals surface area (Å²) < 4.78 is 0. The zero-order chi connectivity index (χ0) is 19.5. The minimum absolute atomic E-state index is 0.104. The molecule has 2 aliphatic rings. The van der Waals surface area contributed by atoms with Crippen molar-refractivity contribution in [2.24, 2.45) is 0 Å². The van der Waals surface area contributed by atoms with E-state index in [1.54, 1.807) is 0 Å². The van der Waals surface area contributed by atoms with Gasteiger partial charge >= 0.3 is 0 Å². The van der Waals surface area contributed by atoms with E-state index in [2.05, 4.69) is 98.3 Å². The van der Waals surface area contributed by atoms with Crippen molar-refractivity contribution in [1.82, 2.24) is 19.9 Å². The number of rotatable bonds is 0. The van der Waals surface area contributed by atoms with Crippen molar-refractivity contribution in [1.29, 1.82) is 0 Å². The molecule has 5 rings (SSSR count). The Balaban J connectivity index is 1.90. The van der Waals surface area contributed by atoms with Crippen molar-refractivity contribution in [2.45, 2.75) is 38.5 Å². The van der Waals surface area contributed by atoms with Gasteiger partial charge in [0.1, 0.15) is 0 Å². The second kappa shape index (κ2) is 5.68. The van der Waals surface area contributed by atoms with E-state index in [4.69, 9.17) is 9.97 Å². The molecular weight excluding hydrogens is 344 g/mol. The van der Waals surface area contributed by atoms with Crippen LogP contribution in [0, 0.1) is 0 Å². The topological polar surface area (TPSA) is 57.4 Å². The van der Waals surface area contributed by atoms with Crippen LogP contribution < -0.4 is 10.7 Å². The lowest BCUT2D eigenvalue weighted by Gasteiger charge is -2.13. The summed E-state index contributed by atoms with van der Waals surface area (Å²) >= 11 is 0. The molecule has 3 aromatic heterocycles. The molecule has 0 unspecified atom stereocenters. The van der Waals surface area contributed by atoms with E-state index < -0.39 is 0 Å². The number of hydrogen-bond acceptors (Lipinski definition) is 2. The fourth-order valence-corrected chi connectivity index (χ4v) is 3.91. The van der Waals surface area contributed by atoms with Crippen LogP contribution >= 0.6 is 0 Å². The zero-order valence-corrected chi connectivity index (χ0v) is 16.7. The summed E-state index contributed by atoms with van der Waals surface area (Å²) in [6.45, 7) is 8.79. The molecule has 28 heavy (non-hydrogen) atoms. The number of nitrogens with zero attached hydrogens (tertiary/aromatic N) is 2. The van der Waals surface area contributed by atoms with Gasteiger partial charge in [0.15, 0.2) is 0 Å². The summed E-state index contributed by atoms with van der Waals surface area (Å²) in [7, 11) is 0. The van der Waals surface area contributed by atoms with Crippen LogP contribution in [0.3, 0.4) is 0 Å². The molecule has 0 saturated heterocycles. The standard InChI is InChI=1S/C24H24N4/c1-23(2)13-19-9-15-6-8-18(26-15)12-22-24(3,4)14-20(28-22)10-16-5-7-17(25-16)11-21(23)27-19/h5-14,25-26H,1-4H3. The van der Waals surface area contributed by atoms with Gasteiger partial charge in [-0.3, -0.25) is 9.97 Å². The van der Waals surface area contributed by atoms with E-state index in [1.165, 1.54) is 0 Å². The molecule has 0 radical (unpaired) electrons. The van der Waals surface area contributed by atoms with Crippen LogP contribution in [-0.2, 0) is 10.8 Å². The molecule has 140 valence electrons. The van der Waals surface area contributed by atoms with Crippen molar-refractivity contribution >= 4 is 34.2 Å². The van der Waals surface area contributed by atoms with Crippen molar-refractivity contribution in [2.75, 3.05) is 0 Å². The van der Waals surface area contributed by atoms with Crippen molar-refractivity contribution in [3.63, 3.8) is 0 Å². The van der Waals surface area contributed by atoms with Gasteiger partial charge in [-0.2, -0.15) is 0 Å². The van der Waals surface area contributed by atoms with Crippen LogP contribution in [0.25, 0.3) is 34.2 Å². The first kappa shape index (κ1) is 17.0. The highest BCUT2D eigenvalue weighted by Crippen LogP contribution is 2.26. The second-order valence-electron chi connectivity index (χ2n) is 8.89. The molecule has 4 heteroatoms. The normalized spacial score (nSPS) is 17.0. The van der Waals surface area contributed by atoms with Gasteiger partial charge in [0.2, 0.25) is 0 Å². The lowest BCUT2D eigenvalue weighted by molar-refractivity contribution is 0.706. The van der Waals surface area contributed by atoms with Crippen molar-refractivity contribution < 1.29 is 0 Å². The van der Waals surface area contributed by atoms with Gasteiger partial charge in [0.25, 0.3) is 0 Å². The Bertz CT molecular complexity index is 1260. The van der Waals surface area contributed by atoms with Crippen LogP contribution in [0.1, 0.15) is 39.1 Å². The van der Waals surface area contributed by atoms with E-state index in [9.17, 15) is 0 Å². The predicted octanol–water partition coefficient (Wildman–Crippen LogP) is 3.83. The van der Waals surface area contributed by atoms with Gasteiger partial charge in [-0.25, -0.2) is 0 Å². The van der Waals surface area contributed by atoms with Crippen LogP contribution in [-0.4, -0.2) is 19.9 Å². The average Bonchev–Trinajstić information content (AvgIpc) is 3.32. The van der Waals surface area contributed by atoms with Crippen molar-refractivity contribution in [3.05, 3.63) is 70.6 Å². The summed E-state index contributed by atoms with van der Waals surface area (Å²) in [4.78, 5) is 16.7. The number of aromatic nitrogens is 4. The minimum Gasteiger partial charge on any atom is -0.355 e. The number of hydrogen-bond donors (Lipinski definition) is 2. The third-order valence-electron chi connectivity index (χ3n) is 5.49. The highest BCUT2D eigenvalue weighted by atomic mass is 14.8. The Labute approximate surface area is 163 Å². The maximum absolute atomic E-state index is 4.87. The molecule has 0 saturated carbocycles. The maximum atomic E-state index is 4.87. The maximum Gasteiger partial charge on any atom is 0.0623 e. The predicted molar refractivity (Wildman–Crippen MR) is 115 cm³/mol. The summed E-state index contributed by atoms with van der Waals surface area (Å²) in [5, 5.41) is 1.97. The largest absolute Gasteiger partial charge is 0.355 e. The Morgan fingerprint density at radius 2 is 0.929 bits per heavy atom. The lowest BCUT2D eigenvalue weighted by Crippen LogP contribution is -2.09. The first-order valence-corrected chi connectivity index (χ1v) is 9.68. The molecule has 0 amide bonds. The lowest BCUT2D eigenvalue weighted by atomic mass is 9.90. The van der Waals surface area contributed by atoms with Crippen molar-refractivity contribution in [3.8, 4) is 0 Å². The van der Waals surface area contributed by atoms with Gasteiger partial charge in [-0.1, -0.05) is 27.7 Å². The highest BCUT2D eigenvalue weighted by Gasteiger charge is 2.23. The number of H-pyrrole nitrogens is 2. The van der Waals surface area contributed by atoms with E-state index in [1.807, 2.05) is 0 Å². The van der Waals surface area contributed by atoms with Crippen LogP contribution in [0.5, 0.6) is 0 Å². The number of fused-ring (bicyclic) bond motifs is 8. The molecule has 0 spiro atoms. The average molecular weight is 368 g/mol. The van der Waals surface area contributed by atoms with Gasteiger partial charge < -0.3 is 9.97 Å². The van der Waals surface area contributed by atoms with Gasteiger partial charge in [-0.05, 0) is 60.7 Å². The SMILES string of the molecule is CC1(C)C=c2cc3ccc(cc4nc(cc5ccc(cc1n2)[nH]5)=CC4(C)C)[nH]3. The van der Waals surface area contributed by atoms with E-state index in [0.717, 1.165) is 44.2 Å². The zero-order valence-electron chi connectivity index (χ0n) is 16.7. The number of aromatic amines is 2. The van der Waals surface area contributed by atoms with Crippen LogP contribution in [0.2, 0.25) is 0 Å². The van der Waals surface area contributed by atoms with Gasteiger partial charge in [0, 0.05) is 32.9 Å². The molecule has 0 aromatic carbocycles. The number of nitrogens with one attached hydrogen (secondary N) is 2. The van der Waals surface area contributed by atoms with E-state index in [0.29, 0.717) is 0 Å². The molecule has 2 N–H and O–H groups in total. The Hall–Kier alpha value is -3.14. The van der Waals surface area contributed by atoms with Gasteiger partial charge in [0.05, 0.1) is 22.1 Å². The van der Waals surface area contributed by atoms with Crippen LogP contribution in [0.4, 0.5) is 0 Å². The first-order chi connectivity index (χ1) is 13.3. The molecule has 8 bridgehead atoms.